The van der Waals surface area contributed by atoms with Crippen LogP contribution in [-0.4, -0.2) is 16.0 Å². The molecule has 0 unspecified atom stereocenters. The van der Waals surface area contributed by atoms with Gasteiger partial charge in [0.25, 0.3) is 0 Å². The minimum Gasteiger partial charge on any atom is -0.368 e. The Morgan fingerprint density at radius 2 is 2.29 bits per heavy atom. The molecule has 1 aromatic heterocycles. The first-order valence-corrected chi connectivity index (χ1v) is 5.49. The van der Waals surface area contributed by atoms with Gasteiger partial charge in [0.05, 0.1) is 4.47 Å². The molecular weight excluding hydrogens is 244 g/mol. The summed E-state index contributed by atoms with van der Waals surface area (Å²) in [6.45, 7) is 2.25. The second-order valence-electron chi connectivity index (χ2n) is 3.84. The quantitative estimate of drug-likeness (QED) is 0.850. The molecule has 76 valence electrons. The van der Waals surface area contributed by atoms with Crippen molar-refractivity contribution in [1.29, 1.82) is 0 Å². The number of rotatable bonds is 2. The van der Waals surface area contributed by atoms with Gasteiger partial charge in [-0.2, -0.15) is 4.98 Å². The van der Waals surface area contributed by atoms with E-state index in [4.69, 9.17) is 5.73 Å². The largest absolute Gasteiger partial charge is 0.368 e. The average Bonchev–Trinajstić information content (AvgIpc) is 2.09. The molecule has 1 saturated carbocycles. The number of nitrogens with one attached hydrogen (secondary N) is 1. The Morgan fingerprint density at radius 3 is 2.93 bits per heavy atom. The molecule has 1 fully saturated rings. The summed E-state index contributed by atoms with van der Waals surface area (Å²) in [7, 11) is 0. The average molecular weight is 257 g/mol. The van der Waals surface area contributed by atoms with Crippen LogP contribution in [-0.2, 0) is 0 Å². The lowest BCUT2D eigenvalue weighted by Crippen LogP contribution is -2.34. The molecule has 0 bridgehead atoms. The summed E-state index contributed by atoms with van der Waals surface area (Å²) in [5, 5.41) is 3.34. The van der Waals surface area contributed by atoms with Crippen LogP contribution in [0, 0.1) is 5.92 Å². The molecule has 0 amide bonds. The number of hydrogen-bond acceptors (Lipinski definition) is 4. The number of hydrogen-bond donors (Lipinski definition) is 2. The lowest BCUT2D eigenvalue weighted by Gasteiger charge is -2.33. The van der Waals surface area contributed by atoms with E-state index in [9.17, 15) is 0 Å². The van der Waals surface area contributed by atoms with Crippen LogP contribution in [0.25, 0.3) is 0 Å². The van der Waals surface area contributed by atoms with Gasteiger partial charge in [-0.25, -0.2) is 4.98 Å². The predicted molar refractivity (Wildman–Crippen MR) is 60.0 cm³/mol. The van der Waals surface area contributed by atoms with Gasteiger partial charge < -0.3 is 11.1 Å². The second kappa shape index (κ2) is 3.73. The van der Waals surface area contributed by atoms with Gasteiger partial charge in [-0.05, 0) is 34.7 Å². The third-order valence-electron chi connectivity index (χ3n) is 2.48. The Morgan fingerprint density at radius 1 is 1.57 bits per heavy atom. The minimum atomic E-state index is 0.308. The highest BCUT2D eigenvalue weighted by Crippen LogP contribution is 2.30. The fraction of sp³-hybridized carbons (Fsp3) is 0.556. The van der Waals surface area contributed by atoms with E-state index < -0.39 is 0 Å². The topological polar surface area (TPSA) is 63.8 Å². The zero-order valence-corrected chi connectivity index (χ0v) is 9.58. The molecule has 1 aromatic rings. The van der Waals surface area contributed by atoms with Crippen molar-refractivity contribution in [2.45, 2.75) is 25.8 Å². The first kappa shape index (κ1) is 9.71. The van der Waals surface area contributed by atoms with E-state index in [0.29, 0.717) is 12.0 Å². The molecule has 3 N–H and O–H groups in total. The Hall–Kier alpha value is -0.840. The lowest BCUT2D eigenvalue weighted by atomic mass is 9.82. The monoisotopic (exact) mass is 256 g/mol. The van der Waals surface area contributed by atoms with Gasteiger partial charge in [-0.3, -0.25) is 0 Å². The van der Waals surface area contributed by atoms with Crippen molar-refractivity contribution in [3.8, 4) is 0 Å². The Labute approximate surface area is 91.4 Å². The van der Waals surface area contributed by atoms with E-state index in [2.05, 4.69) is 38.1 Å². The number of aromatic nitrogens is 2. The van der Waals surface area contributed by atoms with Crippen molar-refractivity contribution in [3.63, 3.8) is 0 Å². The summed E-state index contributed by atoms with van der Waals surface area (Å²) in [5.74, 6) is 1.93. The minimum absolute atomic E-state index is 0.308. The highest BCUT2D eigenvalue weighted by molar-refractivity contribution is 9.10. The van der Waals surface area contributed by atoms with Crippen molar-refractivity contribution in [2.75, 3.05) is 11.1 Å². The second-order valence-corrected chi connectivity index (χ2v) is 4.70. The number of nitrogens with two attached hydrogens (primary N) is 1. The lowest BCUT2D eigenvalue weighted by molar-refractivity contribution is 0.308. The van der Waals surface area contributed by atoms with Crippen LogP contribution in [0.15, 0.2) is 10.7 Å². The maximum absolute atomic E-state index is 5.51. The van der Waals surface area contributed by atoms with Crippen LogP contribution in [0.2, 0.25) is 0 Å². The van der Waals surface area contributed by atoms with Crippen LogP contribution in [0.4, 0.5) is 11.8 Å². The molecular formula is C9H13BrN4. The van der Waals surface area contributed by atoms with Crippen molar-refractivity contribution in [3.05, 3.63) is 10.7 Å². The van der Waals surface area contributed by atoms with Crippen molar-refractivity contribution in [1.82, 2.24) is 9.97 Å². The SMILES string of the molecule is CC1CC(Nc2nc(N)ncc2Br)C1. The fourth-order valence-corrected chi connectivity index (χ4v) is 2.00. The molecule has 0 spiro atoms. The van der Waals surface area contributed by atoms with E-state index in [1.807, 2.05) is 0 Å². The van der Waals surface area contributed by atoms with Gasteiger partial charge in [-0.15, -0.1) is 0 Å². The summed E-state index contributed by atoms with van der Waals surface area (Å²) in [4.78, 5) is 8.01. The standard InChI is InChI=1S/C9H13BrN4/c1-5-2-6(3-5)13-8-7(10)4-12-9(11)14-8/h4-6H,2-3H2,1H3,(H3,11,12,13,14). The molecule has 2 rings (SSSR count). The summed E-state index contributed by atoms with van der Waals surface area (Å²) < 4.78 is 0.867. The number of anilines is 2. The fourth-order valence-electron chi connectivity index (χ4n) is 1.70. The Bertz CT molecular complexity index is 336. The molecule has 1 aliphatic carbocycles. The molecule has 0 aromatic carbocycles. The number of nitrogen functional groups attached to an aromatic ring is 1. The first-order chi connectivity index (χ1) is 6.65. The number of halogens is 1. The normalized spacial score (nSPS) is 25.6. The van der Waals surface area contributed by atoms with E-state index >= 15 is 0 Å². The first-order valence-electron chi connectivity index (χ1n) is 4.69. The third kappa shape index (κ3) is 1.97. The van der Waals surface area contributed by atoms with E-state index in [0.717, 1.165) is 16.2 Å². The van der Waals surface area contributed by atoms with Gasteiger partial charge in [0, 0.05) is 12.2 Å². The highest BCUT2D eigenvalue weighted by atomic mass is 79.9. The maximum atomic E-state index is 5.51. The zero-order valence-electron chi connectivity index (χ0n) is 8.00. The van der Waals surface area contributed by atoms with Crippen LogP contribution in [0.5, 0.6) is 0 Å². The molecule has 0 atom stereocenters. The van der Waals surface area contributed by atoms with E-state index in [-0.39, 0.29) is 0 Å². The summed E-state index contributed by atoms with van der Waals surface area (Å²) in [6, 6.07) is 0.538. The molecule has 0 aliphatic heterocycles. The van der Waals surface area contributed by atoms with Crippen LogP contribution < -0.4 is 11.1 Å². The molecule has 14 heavy (non-hydrogen) atoms. The summed E-state index contributed by atoms with van der Waals surface area (Å²) >= 11 is 3.38. The van der Waals surface area contributed by atoms with Gasteiger partial charge in [0.15, 0.2) is 0 Å². The molecule has 5 heteroatoms. The summed E-state index contributed by atoms with van der Waals surface area (Å²) in [5.41, 5.74) is 5.51. The molecule has 4 nitrogen and oxygen atoms in total. The van der Waals surface area contributed by atoms with Crippen LogP contribution in [0.3, 0.4) is 0 Å². The molecule has 0 radical (unpaired) electrons. The van der Waals surface area contributed by atoms with Crippen molar-refractivity contribution < 1.29 is 0 Å². The Kier molecular flexibility index (Phi) is 2.58. The van der Waals surface area contributed by atoms with Gasteiger partial charge in [-0.1, -0.05) is 6.92 Å². The highest BCUT2D eigenvalue weighted by Gasteiger charge is 2.25. The van der Waals surface area contributed by atoms with Gasteiger partial charge >= 0.3 is 0 Å². The van der Waals surface area contributed by atoms with E-state index in [1.165, 1.54) is 12.8 Å². The summed E-state index contributed by atoms with van der Waals surface area (Å²) in [6.07, 6.45) is 4.08. The van der Waals surface area contributed by atoms with E-state index in [1.54, 1.807) is 6.20 Å². The molecule has 0 saturated heterocycles. The van der Waals surface area contributed by atoms with Gasteiger partial charge in [0.2, 0.25) is 5.95 Å². The number of nitrogens with zero attached hydrogens (tertiary/aromatic N) is 2. The van der Waals surface area contributed by atoms with Crippen LogP contribution in [0.1, 0.15) is 19.8 Å². The van der Waals surface area contributed by atoms with Crippen LogP contribution >= 0.6 is 15.9 Å². The predicted octanol–water partition coefficient (Wildman–Crippen LogP) is 2.03. The third-order valence-corrected chi connectivity index (χ3v) is 3.06. The smallest absolute Gasteiger partial charge is 0.221 e. The Balaban J connectivity index is 2.05. The molecule has 1 heterocycles. The molecule has 1 aliphatic rings. The van der Waals surface area contributed by atoms with Crippen molar-refractivity contribution >= 4 is 27.7 Å². The van der Waals surface area contributed by atoms with Gasteiger partial charge in [0.1, 0.15) is 5.82 Å². The zero-order chi connectivity index (χ0) is 10.1. The maximum Gasteiger partial charge on any atom is 0.221 e. The van der Waals surface area contributed by atoms with Crippen molar-refractivity contribution in [2.24, 2.45) is 5.92 Å².